The molecule has 51 heavy (non-hydrogen) atoms. The van der Waals surface area contributed by atoms with Crippen molar-refractivity contribution in [3.05, 3.63) is 81.5 Å². The van der Waals surface area contributed by atoms with E-state index in [2.05, 4.69) is 36.7 Å². The molecular weight excluding hydrogens is 672 g/mol. The van der Waals surface area contributed by atoms with Crippen molar-refractivity contribution in [2.75, 3.05) is 18.0 Å². The van der Waals surface area contributed by atoms with Crippen molar-refractivity contribution >= 4 is 41.0 Å². The van der Waals surface area contributed by atoms with E-state index in [1.807, 2.05) is 24.3 Å². The number of nitriles is 1. The first-order chi connectivity index (χ1) is 24.7. The number of ether oxygens (including phenoxy) is 1. The molecule has 6 aliphatic rings. The van der Waals surface area contributed by atoms with E-state index in [1.165, 1.54) is 0 Å². The molecule has 1 saturated carbocycles. The number of aromatic nitrogens is 2. The molecule has 3 atom stereocenters. The summed E-state index contributed by atoms with van der Waals surface area (Å²) in [7, 11) is 0. The topological polar surface area (TPSA) is 161 Å². The van der Waals surface area contributed by atoms with E-state index in [9.17, 15) is 19.2 Å². The predicted molar refractivity (Wildman–Crippen MR) is 185 cm³/mol. The number of benzene rings is 2. The smallest absolute Gasteiger partial charge is 0.272 e. The monoisotopic (exact) mass is 708 g/mol. The van der Waals surface area contributed by atoms with Crippen LogP contribution in [0.25, 0.3) is 0 Å². The van der Waals surface area contributed by atoms with Gasteiger partial charge in [-0.25, -0.2) is 0 Å². The molecule has 1 aliphatic carbocycles. The normalized spacial score (nSPS) is 25.8. The molecule has 5 aliphatic heterocycles. The lowest BCUT2D eigenvalue weighted by Crippen LogP contribution is -2.69. The average molecular weight is 709 g/mol. The number of piperidine rings is 2. The van der Waals surface area contributed by atoms with E-state index in [0.29, 0.717) is 52.6 Å². The van der Waals surface area contributed by atoms with Crippen LogP contribution in [0.4, 0.5) is 5.82 Å². The molecule has 2 bridgehead atoms. The number of anilines is 1. The predicted octanol–water partition coefficient (Wildman–Crippen LogP) is 3.35. The van der Waals surface area contributed by atoms with Crippen molar-refractivity contribution in [2.24, 2.45) is 0 Å². The molecule has 0 radical (unpaired) electrons. The molecule has 13 nitrogen and oxygen atoms in total. The van der Waals surface area contributed by atoms with Crippen LogP contribution in [0.3, 0.4) is 0 Å². The second-order valence-corrected chi connectivity index (χ2v) is 14.5. The van der Waals surface area contributed by atoms with E-state index in [-0.39, 0.29) is 36.3 Å². The minimum Gasteiger partial charge on any atom is -0.490 e. The van der Waals surface area contributed by atoms with Gasteiger partial charge < -0.3 is 19.9 Å². The minimum atomic E-state index is -0.618. The second kappa shape index (κ2) is 13.6. The number of hydrogen-bond donors (Lipinski definition) is 2. The molecule has 3 unspecified atom stereocenters. The Morgan fingerprint density at radius 3 is 2.51 bits per heavy atom. The van der Waals surface area contributed by atoms with Crippen LogP contribution in [0.15, 0.2) is 48.5 Å². The van der Waals surface area contributed by atoms with E-state index >= 15 is 0 Å². The van der Waals surface area contributed by atoms with Crippen molar-refractivity contribution in [3.63, 3.8) is 0 Å². The number of carbonyl (C=O) groups excluding carboxylic acids is 4. The van der Waals surface area contributed by atoms with Gasteiger partial charge in [-0.15, -0.1) is 10.2 Å². The number of nitrogens with one attached hydrogen (secondary N) is 2. The number of halogens is 1. The van der Waals surface area contributed by atoms with Crippen LogP contribution in [0.5, 0.6) is 5.75 Å². The highest BCUT2D eigenvalue weighted by atomic mass is 35.5. The highest BCUT2D eigenvalue weighted by Gasteiger charge is 2.45. The molecule has 1 aromatic heterocycles. The van der Waals surface area contributed by atoms with Crippen molar-refractivity contribution in [1.29, 1.82) is 5.26 Å². The molecule has 14 heteroatoms. The lowest BCUT2D eigenvalue weighted by atomic mass is 9.87. The van der Waals surface area contributed by atoms with Gasteiger partial charge in [0, 0.05) is 62.4 Å². The van der Waals surface area contributed by atoms with Crippen LogP contribution in [0.2, 0.25) is 5.02 Å². The molecule has 5 fully saturated rings. The van der Waals surface area contributed by atoms with E-state index in [4.69, 9.17) is 21.6 Å². The van der Waals surface area contributed by atoms with Gasteiger partial charge in [-0.3, -0.25) is 29.4 Å². The molecule has 262 valence electrons. The Hall–Kier alpha value is -5.06. The first-order valence-electron chi connectivity index (χ1n) is 17.5. The molecule has 6 heterocycles. The Morgan fingerprint density at radius 2 is 1.80 bits per heavy atom. The van der Waals surface area contributed by atoms with Crippen LogP contribution in [-0.4, -0.2) is 87.0 Å². The Balaban J connectivity index is 0.806. The van der Waals surface area contributed by atoms with Gasteiger partial charge in [-0.05, 0) is 80.0 Å². The standard InChI is InChI=1S/C37H37ClN8O5/c38-30-15-28(5-2-22(30)16-39)51-27-6-3-24(4-7-27)40-35(48)31-9-11-33(43-42-31)46-25-14-26(46)20-44(19-25)17-21-1-8-29-23(13-21)18-45(37(29)50)32-10-12-34(47)41-36(32)49/h1-2,5,8-9,11,13,15,24-27,32H,3-4,6-7,10,12,14,17-20H2,(H,40,48)(H,41,47,49)/t24-,25?,26?,27-,32?. The molecule has 4 amide bonds. The van der Waals surface area contributed by atoms with Gasteiger partial charge in [0.05, 0.1) is 16.7 Å². The summed E-state index contributed by atoms with van der Waals surface area (Å²) in [5.41, 5.74) is 3.36. The van der Waals surface area contributed by atoms with Gasteiger partial charge in [0.15, 0.2) is 11.5 Å². The first-order valence-corrected chi connectivity index (χ1v) is 17.9. The quantitative estimate of drug-likeness (QED) is 0.332. The maximum Gasteiger partial charge on any atom is 0.272 e. The third-order valence-electron chi connectivity index (χ3n) is 10.8. The van der Waals surface area contributed by atoms with Crippen molar-refractivity contribution in [2.45, 2.75) is 88.3 Å². The Morgan fingerprint density at radius 1 is 1.00 bits per heavy atom. The molecule has 3 aromatic rings. The SMILES string of the molecule is N#Cc1ccc(O[C@H]2CC[C@H](NC(=O)c3ccc(N4C5CC4CN(Cc4ccc6c(c4)CN(C4CCC(=O)NC4=O)C6=O)C5)nn3)CC2)cc1Cl. The number of carbonyl (C=O) groups is 4. The minimum absolute atomic E-state index is 0.0185. The zero-order chi connectivity index (χ0) is 35.2. The van der Waals surface area contributed by atoms with Crippen molar-refractivity contribution < 1.29 is 23.9 Å². The maximum absolute atomic E-state index is 13.1. The third-order valence-corrected chi connectivity index (χ3v) is 11.1. The van der Waals surface area contributed by atoms with E-state index in [0.717, 1.165) is 68.7 Å². The maximum atomic E-state index is 13.1. The van der Waals surface area contributed by atoms with Crippen molar-refractivity contribution in [3.8, 4) is 11.8 Å². The van der Waals surface area contributed by atoms with Crippen LogP contribution >= 0.6 is 11.6 Å². The zero-order valence-electron chi connectivity index (χ0n) is 27.9. The zero-order valence-corrected chi connectivity index (χ0v) is 28.6. The Bertz CT molecular complexity index is 1930. The van der Waals surface area contributed by atoms with Gasteiger partial charge in [0.25, 0.3) is 11.8 Å². The number of rotatable bonds is 8. The molecule has 2 aromatic carbocycles. The fourth-order valence-electron chi connectivity index (χ4n) is 8.21. The number of nitrogens with zero attached hydrogens (tertiary/aromatic N) is 6. The number of piperazine rings is 1. The highest BCUT2D eigenvalue weighted by Crippen LogP contribution is 2.37. The van der Waals surface area contributed by atoms with Crippen LogP contribution in [0, 0.1) is 11.3 Å². The largest absolute Gasteiger partial charge is 0.490 e. The summed E-state index contributed by atoms with van der Waals surface area (Å²) in [4.78, 5) is 56.4. The van der Waals surface area contributed by atoms with Crippen LogP contribution in [-0.2, 0) is 22.7 Å². The molecule has 0 spiro atoms. The average Bonchev–Trinajstić information content (AvgIpc) is 3.44. The summed E-state index contributed by atoms with van der Waals surface area (Å²) in [6.45, 7) is 2.85. The lowest BCUT2D eigenvalue weighted by molar-refractivity contribution is -0.136. The van der Waals surface area contributed by atoms with Gasteiger partial charge in [0.2, 0.25) is 11.8 Å². The fraction of sp³-hybridized carbons (Fsp3) is 0.432. The van der Waals surface area contributed by atoms with E-state index in [1.54, 1.807) is 29.2 Å². The summed E-state index contributed by atoms with van der Waals surface area (Å²) in [5, 5.41) is 23.6. The molecule has 9 rings (SSSR count). The van der Waals surface area contributed by atoms with Gasteiger partial charge >= 0.3 is 0 Å². The van der Waals surface area contributed by atoms with Crippen LogP contribution in [0.1, 0.15) is 82.5 Å². The molecular formula is C37H37ClN8O5. The number of hydrogen-bond acceptors (Lipinski definition) is 10. The summed E-state index contributed by atoms with van der Waals surface area (Å²) in [5.74, 6) is 0.327. The summed E-state index contributed by atoms with van der Waals surface area (Å²) >= 11 is 6.14. The summed E-state index contributed by atoms with van der Waals surface area (Å²) < 4.78 is 6.07. The van der Waals surface area contributed by atoms with Crippen LogP contribution < -0.4 is 20.3 Å². The van der Waals surface area contributed by atoms with Gasteiger partial charge in [-0.2, -0.15) is 5.26 Å². The number of imide groups is 1. The molecule has 4 saturated heterocycles. The van der Waals surface area contributed by atoms with Gasteiger partial charge in [0.1, 0.15) is 17.9 Å². The molecule has 2 N–H and O–H groups in total. The highest BCUT2D eigenvalue weighted by molar-refractivity contribution is 6.31. The fourth-order valence-corrected chi connectivity index (χ4v) is 8.42. The lowest BCUT2D eigenvalue weighted by Gasteiger charge is -2.56. The third kappa shape index (κ3) is 6.61. The second-order valence-electron chi connectivity index (χ2n) is 14.1. The van der Waals surface area contributed by atoms with Gasteiger partial charge in [-0.1, -0.05) is 23.7 Å². The van der Waals surface area contributed by atoms with E-state index < -0.39 is 11.9 Å². The number of amides is 4. The Kier molecular flexibility index (Phi) is 8.81. The number of fused-ring (bicyclic) bond motifs is 3. The van der Waals surface area contributed by atoms with Crippen molar-refractivity contribution in [1.82, 2.24) is 30.6 Å². The summed E-state index contributed by atoms with van der Waals surface area (Å²) in [6, 6.07) is 16.7. The first kappa shape index (κ1) is 33.1. The Labute approximate surface area is 299 Å². The summed E-state index contributed by atoms with van der Waals surface area (Å²) in [6.07, 6.45) is 4.82.